The summed E-state index contributed by atoms with van der Waals surface area (Å²) in [7, 11) is 0. The van der Waals surface area contributed by atoms with E-state index in [9.17, 15) is 9.90 Å². The predicted molar refractivity (Wildman–Crippen MR) is 89.1 cm³/mol. The molecule has 2 aliphatic rings. The number of hydrogen-bond acceptors (Lipinski definition) is 4. The fourth-order valence-corrected chi connectivity index (χ4v) is 4.74. The zero-order valence-electron chi connectivity index (χ0n) is 14.0. The van der Waals surface area contributed by atoms with Gasteiger partial charge < -0.3 is 10.0 Å². The van der Waals surface area contributed by atoms with E-state index < -0.39 is 0 Å². The molecule has 3 heterocycles. The van der Waals surface area contributed by atoms with E-state index in [0.717, 1.165) is 12.1 Å². The van der Waals surface area contributed by atoms with Gasteiger partial charge in [-0.3, -0.25) is 14.9 Å². The summed E-state index contributed by atoms with van der Waals surface area (Å²) in [5.74, 6) is 0.305. The molecule has 1 amide bonds. The number of aliphatic hydroxyl groups excluding tert-OH is 1. The lowest BCUT2D eigenvalue weighted by atomic mass is 9.48. The minimum absolute atomic E-state index is 0.0530. The van der Waals surface area contributed by atoms with Crippen LogP contribution in [0.1, 0.15) is 30.8 Å². The summed E-state index contributed by atoms with van der Waals surface area (Å²) in [5, 5.41) is 16.9. The van der Waals surface area contributed by atoms with Crippen LogP contribution in [-0.2, 0) is 0 Å². The van der Waals surface area contributed by atoms with E-state index in [1.54, 1.807) is 12.3 Å². The quantitative estimate of drug-likeness (QED) is 0.903. The Kier molecular flexibility index (Phi) is 3.28. The number of aromatic amines is 1. The molecule has 1 saturated carbocycles. The van der Waals surface area contributed by atoms with E-state index in [2.05, 4.69) is 29.0 Å². The van der Waals surface area contributed by atoms with E-state index in [4.69, 9.17) is 0 Å². The van der Waals surface area contributed by atoms with Crippen LogP contribution in [-0.4, -0.2) is 50.8 Å². The van der Waals surface area contributed by atoms with Crippen LogP contribution in [0.15, 0.2) is 30.5 Å². The third-order valence-electron chi connectivity index (χ3n) is 5.74. The average Bonchev–Trinajstić information content (AvgIpc) is 3.18. The van der Waals surface area contributed by atoms with Gasteiger partial charge in [0.25, 0.3) is 5.91 Å². The largest absolute Gasteiger partial charge is 0.396 e. The van der Waals surface area contributed by atoms with Crippen LogP contribution in [0.2, 0.25) is 0 Å². The van der Waals surface area contributed by atoms with Crippen molar-refractivity contribution in [2.24, 2.45) is 16.7 Å². The van der Waals surface area contributed by atoms with Crippen molar-refractivity contribution >= 4 is 5.91 Å². The Bertz CT molecular complexity index is 770. The second kappa shape index (κ2) is 5.14. The zero-order chi connectivity index (χ0) is 16.9. The maximum Gasteiger partial charge on any atom is 0.271 e. The second-order valence-electron chi connectivity index (χ2n) is 7.81. The summed E-state index contributed by atoms with van der Waals surface area (Å²) >= 11 is 0. The topological polar surface area (TPSA) is 82.1 Å². The zero-order valence-corrected chi connectivity index (χ0v) is 14.0. The molecule has 0 bridgehead atoms. The molecule has 6 heteroatoms. The number of amides is 1. The predicted octanol–water partition coefficient (Wildman–Crippen LogP) is 1.95. The van der Waals surface area contributed by atoms with Gasteiger partial charge in [0.2, 0.25) is 0 Å². The number of carbonyl (C=O) groups excluding carboxylic acids is 1. The first kappa shape index (κ1) is 15.3. The van der Waals surface area contributed by atoms with Crippen molar-refractivity contribution in [2.75, 3.05) is 19.7 Å². The minimum atomic E-state index is -0.122. The number of fused-ring (bicyclic) bond motifs is 1. The third-order valence-corrected chi connectivity index (χ3v) is 5.74. The molecule has 0 spiro atoms. The molecular weight excluding hydrogens is 304 g/mol. The first-order valence-electron chi connectivity index (χ1n) is 8.32. The molecule has 0 aromatic carbocycles. The lowest BCUT2D eigenvalue weighted by Crippen LogP contribution is -2.54. The third kappa shape index (κ3) is 2.17. The number of rotatable bonds is 3. The van der Waals surface area contributed by atoms with Gasteiger partial charge >= 0.3 is 0 Å². The SMILES string of the molecule is CC1(C)C[C@]2(CO)CN(C(=O)c3cc(-c4ccccn4)n[nH]3)C[C@H]12. The van der Waals surface area contributed by atoms with Gasteiger partial charge in [-0.25, -0.2) is 0 Å². The number of hydrogen-bond donors (Lipinski definition) is 2. The molecule has 6 nitrogen and oxygen atoms in total. The van der Waals surface area contributed by atoms with E-state index in [-0.39, 0.29) is 23.3 Å². The smallest absolute Gasteiger partial charge is 0.271 e. The molecule has 2 N–H and O–H groups in total. The van der Waals surface area contributed by atoms with Crippen LogP contribution in [0.25, 0.3) is 11.4 Å². The molecule has 4 rings (SSSR count). The van der Waals surface area contributed by atoms with Crippen LogP contribution in [0.3, 0.4) is 0 Å². The fourth-order valence-electron chi connectivity index (χ4n) is 4.74. The van der Waals surface area contributed by atoms with E-state index >= 15 is 0 Å². The van der Waals surface area contributed by atoms with Crippen molar-refractivity contribution < 1.29 is 9.90 Å². The number of nitrogens with zero attached hydrogens (tertiary/aromatic N) is 3. The molecule has 0 radical (unpaired) electrons. The Morgan fingerprint density at radius 3 is 2.88 bits per heavy atom. The van der Waals surface area contributed by atoms with Gasteiger partial charge in [0.1, 0.15) is 11.4 Å². The normalized spacial score (nSPS) is 27.6. The Morgan fingerprint density at radius 2 is 2.25 bits per heavy atom. The molecule has 1 aliphatic heterocycles. The Hall–Kier alpha value is -2.21. The number of nitrogens with one attached hydrogen (secondary N) is 1. The van der Waals surface area contributed by atoms with Gasteiger partial charge in [-0.05, 0) is 36.0 Å². The molecule has 126 valence electrons. The fraction of sp³-hybridized carbons (Fsp3) is 0.500. The summed E-state index contributed by atoms with van der Waals surface area (Å²) in [4.78, 5) is 18.9. The van der Waals surface area contributed by atoms with Crippen LogP contribution in [0.5, 0.6) is 0 Å². The van der Waals surface area contributed by atoms with E-state index in [1.165, 1.54) is 0 Å². The summed E-state index contributed by atoms with van der Waals surface area (Å²) in [6, 6.07) is 7.35. The van der Waals surface area contributed by atoms with Crippen molar-refractivity contribution in [1.82, 2.24) is 20.1 Å². The molecule has 2 aromatic heterocycles. The van der Waals surface area contributed by atoms with Crippen LogP contribution >= 0.6 is 0 Å². The number of pyridine rings is 1. The second-order valence-corrected chi connectivity index (χ2v) is 7.81. The molecule has 1 saturated heterocycles. The van der Waals surface area contributed by atoms with Gasteiger partial charge in [-0.1, -0.05) is 19.9 Å². The van der Waals surface area contributed by atoms with Crippen molar-refractivity contribution in [3.05, 3.63) is 36.2 Å². The van der Waals surface area contributed by atoms with Crippen LogP contribution < -0.4 is 0 Å². The number of carbonyl (C=O) groups is 1. The summed E-state index contributed by atoms with van der Waals surface area (Å²) in [5.41, 5.74) is 1.94. The van der Waals surface area contributed by atoms with Crippen molar-refractivity contribution in [2.45, 2.75) is 20.3 Å². The first-order chi connectivity index (χ1) is 11.5. The molecule has 1 aliphatic carbocycles. The first-order valence-corrected chi connectivity index (χ1v) is 8.32. The molecule has 2 atom stereocenters. The van der Waals surface area contributed by atoms with Crippen molar-refractivity contribution in [1.29, 1.82) is 0 Å². The monoisotopic (exact) mass is 326 g/mol. The molecule has 2 fully saturated rings. The summed E-state index contributed by atoms with van der Waals surface area (Å²) in [6.07, 6.45) is 2.67. The molecule has 24 heavy (non-hydrogen) atoms. The molecular formula is C18H22N4O2. The van der Waals surface area contributed by atoms with E-state index in [0.29, 0.717) is 30.4 Å². The highest BCUT2D eigenvalue weighted by atomic mass is 16.3. The van der Waals surface area contributed by atoms with Gasteiger partial charge in [-0.15, -0.1) is 0 Å². The molecule has 0 unspecified atom stereocenters. The van der Waals surface area contributed by atoms with Gasteiger partial charge in [0, 0.05) is 24.7 Å². The highest BCUT2D eigenvalue weighted by Crippen LogP contribution is 2.62. The number of aliphatic hydroxyl groups is 1. The number of H-pyrrole nitrogens is 1. The molecule has 2 aromatic rings. The lowest BCUT2D eigenvalue weighted by molar-refractivity contribution is -0.0977. The van der Waals surface area contributed by atoms with Gasteiger partial charge in [-0.2, -0.15) is 5.10 Å². The highest BCUT2D eigenvalue weighted by Gasteiger charge is 2.63. The number of likely N-dealkylation sites (tertiary alicyclic amines) is 1. The minimum Gasteiger partial charge on any atom is -0.396 e. The maximum absolute atomic E-state index is 12.8. The summed E-state index contributed by atoms with van der Waals surface area (Å²) < 4.78 is 0. The highest BCUT2D eigenvalue weighted by molar-refractivity contribution is 5.93. The average molecular weight is 326 g/mol. The van der Waals surface area contributed by atoms with Crippen molar-refractivity contribution in [3.63, 3.8) is 0 Å². The van der Waals surface area contributed by atoms with Crippen LogP contribution in [0.4, 0.5) is 0 Å². The van der Waals surface area contributed by atoms with Crippen LogP contribution in [0, 0.1) is 16.7 Å². The van der Waals surface area contributed by atoms with Crippen molar-refractivity contribution in [3.8, 4) is 11.4 Å². The Morgan fingerprint density at radius 1 is 1.42 bits per heavy atom. The summed E-state index contributed by atoms with van der Waals surface area (Å²) in [6.45, 7) is 5.90. The Balaban J connectivity index is 1.54. The Labute approximate surface area is 140 Å². The van der Waals surface area contributed by atoms with Gasteiger partial charge in [0.15, 0.2) is 0 Å². The maximum atomic E-state index is 12.8. The van der Waals surface area contributed by atoms with Gasteiger partial charge in [0.05, 0.1) is 12.3 Å². The number of aromatic nitrogens is 3. The lowest BCUT2D eigenvalue weighted by Gasteiger charge is -2.55. The van der Waals surface area contributed by atoms with E-state index in [1.807, 2.05) is 23.1 Å². The standard InChI is InChI=1S/C18H22N4O2/c1-17(2)9-18(11-23)10-22(8-15(17)18)16(24)14-7-13(20-21-14)12-5-3-4-6-19-12/h3-7,15,23H,8-11H2,1-2H3,(H,20,21)/t15-,18-/m1/s1.